The number of morpholine rings is 1. The SMILES string of the molecule is CC(C)Cc1nnc([C@@H](C)N2CCO[C@H](C)C2)o1. The van der Waals surface area contributed by atoms with E-state index in [0.717, 1.165) is 37.9 Å². The fraction of sp³-hybridized carbons (Fsp3) is 0.846. The molecule has 1 aliphatic heterocycles. The maximum atomic E-state index is 5.74. The minimum absolute atomic E-state index is 0.171. The Labute approximate surface area is 109 Å². The first-order valence-electron chi connectivity index (χ1n) is 6.74. The highest BCUT2D eigenvalue weighted by Gasteiger charge is 2.26. The molecule has 2 atom stereocenters. The Morgan fingerprint density at radius 3 is 2.78 bits per heavy atom. The van der Waals surface area contributed by atoms with Crippen molar-refractivity contribution >= 4 is 0 Å². The van der Waals surface area contributed by atoms with E-state index in [9.17, 15) is 0 Å². The molecule has 0 unspecified atom stereocenters. The van der Waals surface area contributed by atoms with Gasteiger partial charge in [-0.1, -0.05) is 13.8 Å². The molecule has 0 spiro atoms. The van der Waals surface area contributed by atoms with Crippen LogP contribution >= 0.6 is 0 Å². The molecule has 18 heavy (non-hydrogen) atoms. The zero-order valence-electron chi connectivity index (χ0n) is 11.7. The summed E-state index contributed by atoms with van der Waals surface area (Å²) >= 11 is 0. The van der Waals surface area contributed by atoms with E-state index in [4.69, 9.17) is 9.15 Å². The molecule has 1 aliphatic rings. The van der Waals surface area contributed by atoms with E-state index in [1.165, 1.54) is 0 Å². The van der Waals surface area contributed by atoms with Crippen molar-refractivity contribution < 1.29 is 9.15 Å². The van der Waals surface area contributed by atoms with Crippen molar-refractivity contribution in [2.24, 2.45) is 5.92 Å². The maximum absolute atomic E-state index is 5.74. The molecule has 5 nitrogen and oxygen atoms in total. The highest BCUT2D eigenvalue weighted by Crippen LogP contribution is 2.22. The Morgan fingerprint density at radius 1 is 1.33 bits per heavy atom. The van der Waals surface area contributed by atoms with Crippen LogP contribution in [0.25, 0.3) is 0 Å². The normalized spacial score (nSPS) is 23.5. The van der Waals surface area contributed by atoms with Crippen LogP contribution in [0.1, 0.15) is 45.5 Å². The van der Waals surface area contributed by atoms with Gasteiger partial charge in [-0.25, -0.2) is 0 Å². The highest BCUT2D eigenvalue weighted by molar-refractivity contribution is 4.91. The van der Waals surface area contributed by atoms with Crippen LogP contribution in [0.5, 0.6) is 0 Å². The van der Waals surface area contributed by atoms with Crippen molar-refractivity contribution in [3.63, 3.8) is 0 Å². The number of rotatable bonds is 4. The fourth-order valence-electron chi connectivity index (χ4n) is 2.22. The number of hydrogen-bond acceptors (Lipinski definition) is 5. The van der Waals surface area contributed by atoms with Crippen LogP contribution in [0, 0.1) is 5.92 Å². The molecule has 102 valence electrons. The Kier molecular flexibility index (Phi) is 4.35. The molecule has 0 aliphatic carbocycles. The van der Waals surface area contributed by atoms with E-state index in [0.29, 0.717) is 5.92 Å². The van der Waals surface area contributed by atoms with Crippen molar-refractivity contribution in [1.82, 2.24) is 15.1 Å². The molecule has 0 radical (unpaired) electrons. The smallest absolute Gasteiger partial charge is 0.233 e. The second kappa shape index (κ2) is 5.80. The van der Waals surface area contributed by atoms with Gasteiger partial charge in [-0.3, -0.25) is 4.90 Å². The van der Waals surface area contributed by atoms with Crippen LogP contribution in [0.2, 0.25) is 0 Å². The number of aromatic nitrogens is 2. The molecule has 2 rings (SSSR count). The van der Waals surface area contributed by atoms with Gasteiger partial charge in [0.05, 0.1) is 18.8 Å². The van der Waals surface area contributed by atoms with E-state index in [1.807, 2.05) is 0 Å². The third kappa shape index (κ3) is 3.29. The van der Waals surface area contributed by atoms with E-state index in [-0.39, 0.29) is 12.1 Å². The van der Waals surface area contributed by atoms with Gasteiger partial charge in [-0.05, 0) is 19.8 Å². The summed E-state index contributed by atoms with van der Waals surface area (Å²) in [6.07, 6.45) is 1.12. The lowest BCUT2D eigenvalue weighted by Gasteiger charge is -2.33. The molecule has 0 aromatic carbocycles. The van der Waals surface area contributed by atoms with Gasteiger partial charge in [0, 0.05) is 19.5 Å². The van der Waals surface area contributed by atoms with Gasteiger partial charge in [0.15, 0.2) is 0 Å². The molecule has 5 heteroatoms. The minimum atomic E-state index is 0.171. The van der Waals surface area contributed by atoms with E-state index >= 15 is 0 Å². The summed E-state index contributed by atoms with van der Waals surface area (Å²) in [4.78, 5) is 2.33. The fourth-order valence-corrected chi connectivity index (χ4v) is 2.22. The molecular weight excluding hydrogens is 230 g/mol. The van der Waals surface area contributed by atoms with Gasteiger partial charge >= 0.3 is 0 Å². The van der Waals surface area contributed by atoms with Crippen LogP contribution in [-0.4, -0.2) is 40.9 Å². The molecule has 1 saturated heterocycles. The van der Waals surface area contributed by atoms with E-state index in [1.54, 1.807) is 0 Å². The van der Waals surface area contributed by atoms with Gasteiger partial charge < -0.3 is 9.15 Å². The third-order valence-corrected chi connectivity index (χ3v) is 3.24. The molecule has 1 aromatic heterocycles. The number of ether oxygens (including phenoxy) is 1. The van der Waals surface area contributed by atoms with Gasteiger partial charge in [0.25, 0.3) is 0 Å². The predicted octanol–water partition coefficient (Wildman–Crippen LogP) is 2.05. The molecule has 1 fully saturated rings. The standard InChI is InChI=1S/C13H23N3O2/c1-9(2)7-12-14-15-13(18-12)11(4)16-5-6-17-10(3)8-16/h9-11H,5-8H2,1-4H3/t10-,11-/m1/s1. The third-order valence-electron chi connectivity index (χ3n) is 3.24. The summed E-state index contributed by atoms with van der Waals surface area (Å²) in [5.41, 5.74) is 0. The lowest BCUT2D eigenvalue weighted by atomic mass is 10.1. The maximum Gasteiger partial charge on any atom is 0.233 e. The van der Waals surface area contributed by atoms with E-state index in [2.05, 4.69) is 42.8 Å². The summed E-state index contributed by atoms with van der Waals surface area (Å²) in [6, 6.07) is 0.171. The van der Waals surface area contributed by atoms with Gasteiger partial charge in [-0.15, -0.1) is 10.2 Å². The monoisotopic (exact) mass is 253 g/mol. The summed E-state index contributed by atoms with van der Waals surface area (Å²) in [5, 5.41) is 8.29. The Bertz CT molecular complexity index is 378. The Balaban J connectivity index is 1.99. The van der Waals surface area contributed by atoms with Gasteiger partial charge in [0.1, 0.15) is 0 Å². The summed E-state index contributed by atoms with van der Waals surface area (Å²) in [6.45, 7) is 11.1. The van der Waals surface area contributed by atoms with Crippen molar-refractivity contribution in [2.45, 2.75) is 46.3 Å². The first-order chi connectivity index (χ1) is 8.56. The first kappa shape index (κ1) is 13.5. The average Bonchev–Trinajstić information content (AvgIpc) is 2.75. The van der Waals surface area contributed by atoms with E-state index < -0.39 is 0 Å². The van der Waals surface area contributed by atoms with Crippen LogP contribution in [0.15, 0.2) is 4.42 Å². The van der Waals surface area contributed by atoms with Crippen molar-refractivity contribution in [3.05, 3.63) is 11.8 Å². The number of hydrogen-bond donors (Lipinski definition) is 0. The van der Waals surface area contributed by atoms with Crippen molar-refractivity contribution in [2.75, 3.05) is 19.7 Å². The average molecular weight is 253 g/mol. The predicted molar refractivity (Wildman–Crippen MR) is 68.2 cm³/mol. The van der Waals surface area contributed by atoms with Gasteiger partial charge in [-0.2, -0.15) is 0 Å². The summed E-state index contributed by atoms with van der Waals surface area (Å²) in [7, 11) is 0. The second-order valence-electron chi connectivity index (χ2n) is 5.48. The second-order valence-corrected chi connectivity index (χ2v) is 5.48. The topological polar surface area (TPSA) is 51.4 Å². The molecule has 0 amide bonds. The van der Waals surface area contributed by atoms with Crippen molar-refractivity contribution in [1.29, 1.82) is 0 Å². The van der Waals surface area contributed by atoms with Crippen LogP contribution in [-0.2, 0) is 11.2 Å². The first-order valence-corrected chi connectivity index (χ1v) is 6.74. The largest absolute Gasteiger partial charge is 0.424 e. The zero-order chi connectivity index (χ0) is 13.1. The summed E-state index contributed by atoms with van der Waals surface area (Å²) in [5.74, 6) is 2.00. The Hall–Kier alpha value is -0.940. The lowest BCUT2D eigenvalue weighted by Crippen LogP contribution is -2.42. The van der Waals surface area contributed by atoms with Crippen molar-refractivity contribution in [3.8, 4) is 0 Å². The quantitative estimate of drug-likeness (QED) is 0.822. The van der Waals surface area contributed by atoms with Crippen LogP contribution in [0.3, 0.4) is 0 Å². The molecule has 0 N–H and O–H groups in total. The minimum Gasteiger partial charge on any atom is -0.424 e. The van der Waals surface area contributed by atoms with Gasteiger partial charge in [0.2, 0.25) is 11.8 Å². The zero-order valence-corrected chi connectivity index (χ0v) is 11.7. The van der Waals surface area contributed by atoms with Crippen LogP contribution < -0.4 is 0 Å². The number of nitrogens with zero attached hydrogens (tertiary/aromatic N) is 3. The molecule has 0 saturated carbocycles. The Morgan fingerprint density at radius 2 is 2.11 bits per heavy atom. The molecular formula is C13H23N3O2. The molecule has 2 heterocycles. The van der Waals surface area contributed by atoms with Crippen LogP contribution in [0.4, 0.5) is 0 Å². The highest BCUT2D eigenvalue weighted by atomic mass is 16.5. The molecule has 1 aromatic rings. The summed E-state index contributed by atoms with van der Waals surface area (Å²) < 4.78 is 11.3. The molecule has 0 bridgehead atoms. The lowest BCUT2D eigenvalue weighted by molar-refractivity contribution is -0.0355.